The van der Waals surface area contributed by atoms with E-state index in [1.54, 1.807) is 6.20 Å². The smallest absolute Gasteiger partial charge is 0.262 e. The SMILES string of the molecule is Cc1ccc2cc(C(=O)N[C@@H](C)c3nc(-c4ccnc(C)c4)no3)sc2c1. The molecule has 1 amide bonds. The van der Waals surface area contributed by atoms with Crippen LogP contribution in [0, 0.1) is 13.8 Å². The molecule has 4 rings (SSSR count). The molecule has 0 fully saturated rings. The van der Waals surface area contributed by atoms with Gasteiger partial charge >= 0.3 is 0 Å². The predicted molar refractivity (Wildman–Crippen MR) is 105 cm³/mol. The second-order valence-corrected chi connectivity index (χ2v) is 7.57. The van der Waals surface area contributed by atoms with E-state index >= 15 is 0 Å². The number of aryl methyl sites for hydroxylation is 2. The third-order valence-electron chi connectivity index (χ3n) is 4.21. The highest BCUT2D eigenvalue weighted by atomic mass is 32.1. The minimum Gasteiger partial charge on any atom is -0.340 e. The van der Waals surface area contributed by atoms with Gasteiger partial charge in [-0.25, -0.2) is 0 Å². The number of rotatable bonds is 4. The van der Waals surface area contributed by atoms with E-state index in [9.17, 15) is 4.79 Å². The van der Waals surface area contributed by atoms with Crippen LogP contribution in [0.2, 0.25) is 0 Å². The van der Waals surface area contributed by atoms with Gasteiger partial charge in [-0.05, 0) is 56.0 Å². The molecule has 1 aromatic carbocycles. The number of pyridine rings is 1. The number of nitrogens with zero attached hydrogens (tertiary/aromatic N) is 3. The summed E-state index contributed by atoms with van der Waals surface area (Å²) in [5, 5.41) is 8.00. The van der Waals surface area contributed by atoms with E-state index in [0.29, 0.717) is 16.6 Å². The Bertz CT molecular complexity index is 1130. The van der Waals surface area contributed by atoms with Gasteiger partial charge in [-0.15, -0.1) is 11.3 Å². The van der Waals surface area contributed by atoms with Gasteiger partial charge in [0, 0.05) is 22.2 Å². The summed E-state index contributed by atoms with van der Waals surface area (Å²) in [4.78, 5) is 21.8. The summed E-state index contributed by atoms with van der Waals surface area (Å²) in [5.74, 6) is 0.694. The minimum atomic E-state index is -0.395. The summed E-state index contributed by atoms with van der Waals surface area (Å²) in [6.45, 7) is 5.77. The van der Waals surface area contributed by atoms with E-state index in [1.165, 1.54) is 16.9 Å². The Balaban J connectivity index is 1.51. The van der Waals surface area contributed by atoms with Crippen molar-refractivity contribution in [3.63, 3.8) is 0 Å². The van der Waals surface area contributed by atoms with Gasteiger partial charge in [-0.3, -0.25) is 9.78 Å². The number of aromatic nitrogens is 3. The molecule has 0 radical (unpaired) electrons. The lowest BCUT2D eigenvalue weighted by Gasteiger charge is -2.07. The predicted octanol–water partition coefficient (Wildman–Crippen LogP) is 4.45. The average Bonchev–Trinajstić information content (AvgIpc) is 3.28. The number of carbonyl (C=O) groups excluding carboxylic acids is 1. The molecule has 0 bridgehead atoms. The lowest BCUT2D eigenvalue weighted by Crippen LogP contribution is -2.26. The number of amides is 1. The number of hydrogen-bond donors (Lipinski definition) is 1. The molecule has 3 aromatic heterocycles. The maximum atomic E-state index is 12.6. The molecule has 0 aliphatic carbocycles. The molecule has 3 heterocycles. The van der Waals surface area contributed by atoms with E-state index in [-0.39, 0.29) is 5.91 Å². The topological polar surface area (TPSA) is 80.9 Å². The zero-order chi connectivity index (χ0) is 19.0. The highest BCUT2D eigenvalue weighted by Gasteiger charge is 2.19. The van der Waals surface area contributed by atoms with Crippen LogP contribution in [0.3, 0.4) is 0 Å². The van der Waals surface area contributed by atoms with Crippen molar-refractivity contribution in [1.82, 2.24) is 20.4 Å². The monoisotopic (exact) mass is 378 g/mol. The number of carbonyl (C=O) groups is 1. The lowest BCUT2D eigenvalue weighted by atomic mass is 10.2. The quantitative estimate of drug-likeness (QED) is 0.567. The maximum absolute atomic E-state index is 12.6. The summed E-state index contributed by atoms with van der Waals surface area (Å²) in [5.41, 5.74) is 2.88. The molecule has 0 aliphatic heterocycles. The zero-order valence-electron chi connectivity index (χ0n) is 15.2. The first kappa shape index (κ1) is 17.4. The molecule has 0 unspecified atom stereocenters. The van der Waals surface area contributed by atoms with E-state index < -0.39 is 6.04 Å². The van der Waals surface area contributed by atoms with Crippen molar-refractivity contribution >= 4 is 27.3 Å². The van der Waals surface area contributed by atoms with Crippen LogP contribution in [0.5, 0.6) is 0 Å². The summed E-state index contributed by atoms with van der Waals surface area (Å²) in [6.07, 6.45) is 1.70. The first-order chi connectivity index (χ1) is 13.0. The molecule has 7 heteroatoms. The van der Waals surface area contributed by atoms with Crippen molar-refractivity contribution in [3.05, 3.63) is 64.6 Å². The van der Waals surface area contributed by atoms with Crippen molar-refractivity contribution in [3.8, 4) is 11.4 Å². The largest absolute Gasteiger partial charge is 0.340 e. The van der Waals surface area contributed by atoms with E-state index in [4.69, 9.17) is 4.52 Å². The molecule has 27 heavy (non-hydrogen) atoms. The Morgan fingerprint density at radius 1 is 1.19 bits per heavy atom. The van der Waals surface area contributed by atoms with Crippen molar-refractivity contribution in [2.45, 2.75) is 26.8 Å². The van der Waals surface area contributed by atoms with E-state index in [1.807, 2.05) is 51.1 Å². The minimum absolute atomic E-state index is 0.152. The van der Waals surface area contributed by atoms with Crippen LogP contribution >= 0.6 is 11.3 Å². The fourth-order valence-electron chi connectivity index (χ4n) is 2.79. The van der Waals surface area contributed by atoms with Gasteiger partial charge in [0.2, 0.25) is 11.7 Å². The Morgan fingerprint density at radius 2 is 2.04 bits per heavy atom. The average molecular weight is 378 g/mol. The Labute approximate surface area is 160 Å². The second-order valence-electron chi connectivity index (χ2n) is 6.49. The van der Waals surface area contributed by atoms with Gasteiger partial charge in [-0.1, -0.05) is 17.3 Å². The summed E-state index contributed by atoms with van der Waals surface area (Å²) in [6, 6.07) is 11.4. The molecule has 0 aliphatic rings. The number of fused-ring (bicyclic) bond motifs is 1. The molecule has 0 saturated carbocycles. The summed E-state index contributed by atoms with van der Waals surface area (Å²) >= 11 is 1.47. The lowest BCUT2D eigenvalue weighted by molar-refractivity contribution is 0.0936. The van der Waals surface area contributed by atoms with E-state index in [2.05, 4.69) is 26.5 Å². The Kier molecular flexibility index (Phi) is 4.45. The van der Waals surface area contributed by atoms with Crippen LogP contribution in [0.15, 0.2) is 47.1 Å². The fourth-order valence-corrected chi connectivity index (χ4v) is 3.86. The van der Waals surface area contributed by atoms with Gasteiger partial charge in [0.15, 0.2) is 0 Å². The number of hydrogen-bond acceptors (Lipinski definition) is 6. The number of thiophene rings is 1. The first-order valence-corrected chi connectivity index (χ1v) is 9.39. The van der Waals surface area contributed by atoms with Gasteiger partial charge in [-0.2, -0.15) is 4.98 Å². The molecular weight excluding hydrogens is 360 g/mol. The number of benzene rings is 1. The summed E-state index contributed by atoms with van der Waals surface area (Å²) in [7, 11) is 0. The van der Waals surface area contributed by atoms with Crippen LogP contribution in [0.25, 0.3) is 21.5 Å². The molecule has 6 nitrogen and oxygen atoms in total. The van der Waals surface area contributed by atoms with Gasteiger partial charge in [0.05, 0.1) is 4.88 Å². The molecule has 0 spiro atoms. The highest BCUT2D eigenvalue weighted by Crippen LogP contribution is 2.27. The van der Waals surface area contributed by atoms with Crippen LogP contribution in [-0.4, -0.2) is 21.0 Å². The van der Waals surface area contributed by atoms with Gasteiger partial charge < -0.3 is 9.84 Å². The molecule has 136 valence electrons. The fraction of sp³-hybridized carbons (Fsp3) is 0.200. The van der Waals surface area contributed by atoms with Crippen molar-refractivity contribution in [2.75, 3.05) is 0 Å². The number of nitrogens with one attached hydrogen (secondary N) is 1. The Hall–Kier alpha value is -3.06. The maximum Gasteiger partial charge on any atom is 0.262 e. The van der Waals surface area contributed by atoms with Crippen LogP contribution in [0.1, 0.15) is 39.8 Å². The molecule has 4 aromatic rings. The Morgan fingerprint density at radius 3 is 2.85 bits per heavy atom. The van der Waals surface area contributed by atoms with Crippen molar-refractivity contribution in [1.29, 1.82) is 0 Å². The first-order valence-electron chi connectivity index (χ1n) is 8.57. The summed E-state index contributed by atoms with van der Waals surface area (Å²) < 4.78 is 6.44. The standard InChI is InChI=1S/C20H18N4O2S/c1-11-4-5-14-10-17(27-16(14)8-11)19(25)22-13(3)20-23-18(24-26-20)15-6-7-21-12(2)9-15/h4-10,13H,1-3H3,(H,22,25)/t13-/m0/s1. The molecule has 0 saturated heterocycles. The highest BCUT2D eigenvalue weighted by molar-refractivity contribution is 7.20. The van der Waals surface area contributed by atoms with Crippen molar-refractivity contribution < 1.29 is 9.32 Å². The molecular formula is C20H18N4O2S. The van der Waals surface area contributed by atoms with E-state index in [0.717, 1.165) is 21.3 Å². The molecule has 1 atom stereocenters. The van der Waals surface area contributed by atoms with Crippen molar-refractivity contribution in [2.24, 2.45) is 0 Å². The second kappa shape index (κ2) is 6.92. The normalized spacial score (nSPS) is 12.3. The van der Waals surface area contributed by atoms with Crippen LogP contribution in [0.4, 0.5) is 0 Å². The van der Waals surface area contributed by atoms with Gasteiger partial charge in [0.25, 0.3) is 5.91 Å². The zero-order valence-corrected chi connectivity index (χ0v) is 16.0. The third-order valence-corrected chi connectivity index (χ3v) is 5.31. The van der Waals surface area contributed by atoms with Gasteiger partial charge in [0.1, 0.15) is 6.04 Å². The third kappa shape index (κ3) is 3.59. The van der Waals surface area contributed by atoms with Crippen LogP contribution < -0.4 is 5.32 Å². The van der Waals surface area contributed by atoms with Crippen LogP contribution in [-0.2, 0) is 0 Å². The molecule has 1 N–H and O–H groups in total.